The van der Waals surface area contributed by atoms with Crippen LogP contribution < -0.4 is 16.0 Å². The molecule has 1 aromatic heterocycles. The van der Waals surface area contributed by atoms with Crippen LogP contribution in [-0.2, 0) is 30.3 Å². The van der Waals surface area contributed by atoms with Crippen molar-refractivity contribution in [1.29, 1.82) is 0 Å². The number of alkyl carbamates (subject to hydrolysis) is 1. The molecule has 7 rings (SSSR count). The molecule has 1 heterocycles. The van der Waals surface area contributed by atoms with Crippen LogP contribution in [0, 0.1) is 23.7 Å². The van der Waals surface area contributed by atoms with E-state index in [1.165, 1.54) is 6.42 Å². The number of aromatic nitrogens is 1. The van der Waals surface area contributed by atoms with Gasteiger partial charge in [0.1, 0.15) is 18.2 Å². The standard InChI is InChI=1S/C41H55N5O6/c1-4-46(5-2)17-18-51-37(48)16-15-36(47)44-35(29-11-7-6-8-12-29)26-43-39(49)41(3,24-32-25-42-34-14-10-9-13-33(32)34)45-40(50)52-38-30-20-27-19-28(22-30)23-31(38)21-27/h6-14,25,27-28,30-31,35,38,42H,4-5,15-24,26H2,1-3H3,(H,43,49)(H,44,47)(H,45,50). The van der Waals surface area contributed by atoms with Crippen LogP contribution in [0.1, 0.15) is 82.9 Å². The first kappa shape index (κ1) is 37.4. The van der Waals surface area contributed by atoms with Crippen LogP contribution in [0.25, 0.3) is 10.9 Å². The number of likely N-dealkylation sites (N-methyl/N-ethyl adjacent to an activating group) is 1. The van der Waals surface area contributed by atoms with Crippen molar-refractivity contribution >= 4 is 34.8 Å². The highest BCUT2D eigenvalue weighted by Gasteiger charge is 2.50. The van der Waals surface area contributed by atoms with Gasteiger partial charge in [-0.25, -0.2) is 4.79 Å². The Morgan fingerprint density at radius 3 is 2.27 bits per heavy atom. The molecule has 4 N–H and O–H groups in total. The van der Waals surface area contributed by atoms with Crippen LogP contribution in [0.4, 0.5) is 4.79 Å². The third kappa shape index (κ3) is 9.15. The first-order chi connectivity index (χ1) is 25.1. The van der Waals surface area contributed by atoms with Crippen molar-refractivity contribution in [2.75, 3.05) is 32.8 Å². The zero-order valence-electron chi connectivity index (χ0n) is 30.8. The number of ether oxygens (including phenoxy) is 2. The van der Waals surface area contributed by atoms with Gasteiger partial charge in [0.15, 0.2) is 0 Å². The first-order valence-electron chi connectivity index (χ1n) is 19.2. The summed E-state index contributed by atoms with van der Waals surface area (Å²) < 4.78 is 11.5. The maximum absolute atomic E-state index is 14.3. The summed E-state index contributed by atoms with van der Waals surface area (Å²) in [6.45, 7) is 8.58. The third-order valence-corrected chi connectivity index (χ3v) is 11.6. The molecule has 4 saturated carbocycles. The Labute approximate surface area is 306 Å². The van der Waals surface area contributed by atoms with Gasteiger partial charge in [0.05, 0.1) is 12.5 Å². The van der Waals surface area contributed by atoms with E-state index in [1.54, 1.807) is 6.92 Å². The summed E-state index contributed by atoms with van der Waals surface area (Å²) in [6, 6.07) is 16.7. The molecule has 4 bridgehead atoms. The van der Waals surface area contributed by atoms with Gasteiger partial charge in [-0.3, -0.25) is 14.4 Å². The summed E-state index contributed by atoms with van der Waals surface area (Å²) in [5, 5.41) is 9.99. The number of rotatable bonds is 17. The van der Waals surface area contributed by atoms with E-state index in [-0.39, 0.29) is 44.4 Å². The van der Waals surface area contributed by atoms with Crippen LogP contribution in [-0.4, -0.2) is 78.2 Å². The Hall–Kier alpha value is -4.38. The van der Waals surface area contributed by atoms with Crippen LogP contribution in [0.2, 0.25) is 0 Å². The Morgan fingerprint density at radius 2 is 1.58 bits per heavy atom. The number of fused-ring (bicyclic) bond motifs is 1. The van der Waals surface area contributed by atoms with Gasteiger partial charge >= 0.3 is 12.1 Å². The first-order valence-corrected chi connectivity index (χ1v) is 19.2. The van der Waals surface area contributed by atoms with E-state index in [9.17, 15) is 19.2 Å². The molecule has 4 aliphatic rings. The number of hydrogen-bond donors (Lipinski definition) is 4. The molecule has 4 fully saturated rings. The highest BCUT2D eigenvalue weighted by atomic mass is 16.6. The predicted octanol–water partition coefficient (Wildman–Crippen LogP) is 5.66. The van der Waals surface area contributed by atoms with E-state index >= 15 is 0 Å². The number of H-pyrrole nitrogens is 1. The number of para-hydroxylation sites is 1. The molecule has 0 aliphatic heterocycles. The number of nitrogens with one attached hydrogen (secondary N) is 4. The van der Waals surface area contributed by atoms with Crippen molar-refractivity contribution in [3.8, 4) is 0 Å². The number of hydrogen-bond acceptors (Lipinski definition) is 7. The molecule has 11 heteroatoms. The smallest absolute Gasteiger partial charge is 0.408 e. The molecule has 52 heavy (non-hydrogen) atoms. The summed E-state index contributed by atoms with van der Waals surface area (Å²) in [5.74, 6) is 1.12. The molecule has 2 unspecified atom stereocenters. The van der Waals surface area contributed by atoms with Crippen molar-refractivity contribution < 1.29 is 28.7 Å². The van der Waals surface area contributed by atoms with Gasteiger partial charge in [-0.1, -0.05) is 62.4 Å². The SMILES string of the molecule is CCN(CC)CCOC(=O)CCC(=O)NC(CNC(=O)C(C)(Cc1c[nH]c2ccccc12)NC(=O)OC1C2CC3CC(C2)CC1C3)c1ccccc1. The predicted molar refractivity (Wildman–Crippen MR) is 199 cm³/mol. The van der Waals surface area contributed by atoms with Gasteiger partial charge in [-0.15, -0.1) is 0 Å². The van der Waals surface area contributed by atoms with Gasteiger partial charge in [-0.05, 0) is 93.0 Å². The molecule has 2 atom stereocenters. The quantitative estimate of drug-likeness (QED) is 0.132. The highest BCUT2D eigenvalue weighted by Crippen LogP contribution is 2.54. The van der Waals surface area contributed by atoms with E-state index in [4.69, 9.17) is 9.47 Å². The van der Waals surface area contributed by atoms with Crippen molar-refractivity contribution in [3.63, 3.8) is 0 Å². The summed E-state index contributed by atoms with van der Waals surface area (Å²) in [5.41, 5.74) is 1.26. The molecular formula is C41H55N5O6. The third-order valence-electron chi connectivity index (χ3n) is 11.6. The lowest BCUT2D eigenvalue weighted by atomic mass is 9.55. The molecule has 280 valence electrons. The minimum atomic E-state index is -1.37. The number of carbonyl (C=O) groups is 4. The Morgan fingerprint density at radius 1 is 0.904 bits per heavy atom. The number of benzene rings is 2. The fourth-order valence-electron chi connectivity index (χ4n) is 9.00. The van der Waals surface area contributed by atoms with Gasteiger partial charge < -0.3 is 35.3 Å². The number of aromatic amines is 1. The van der Waals surface area contributed by atoms with E-state index < -0.39 is 29.6 Å². The Balaban J connectivity index is 1.11. The molecule has 3 amide bonds. The molecule has 11 nitrogen and oxygen atoms in total. The number of nitrogens with zero attached hydrogens (tertiary/aromatic N) is 1. The maximum Gasteiger partial charge on any atom is 0.408 e. The van der Waals surface area contributed by atoms with Crippen molar-refractivity contribution in [2.45, 2.75) is 89.8 Å². The van der Waals surface area contributed by atoms with Crippen LogP contribution in [0.5, 0.6) is 0 Å². The van der Waals surface area contributed by atoms with E-state index in [1.807, 2.05) is 60.8 Å². The van der Waals surface area contributed by atoms with E-state index in [0.29, 0.717) is 18.4 Å². The van der Waals surface area contributed by atoms with Crippen LogP contribution >= 0.6 is 0 Å². The number of esters is 1. The Bertz CT molecular complexity index is 1660. The monoisotopic (exact) mass is 713 g/mol. The zero-order valence-corrected chi connectivity index (χ0v) is 30.8. The summed E-state index contributed by atoms with van der Waals surface area (Å²) in [6.07, 6.45) is 7.08. The Kier molecular flexibility index (Phi) is 12.2. The normalized spacial score (nSPS) is 23.5. The lowest BCUT2D eigenvalue weighted by Gasteiger charge is -2.53. The largest absolute Gasteiger partial charge is 0.464 e. The summed E-state index contributed by atoms with van der Waals surface area (Å²) >= 11 is 0. The second kappa shape index (κ2) is 17.0. The minimum absolute atomic E-state index is 0.0439. The summed E-state index contributed by atoms with van der Waals surface area (Å²) in [4.78, 5) is 58.9. The lowest BCUT2D eigenvalue weighted by Crippen LogP contribution is -2.60. The van der Waals surface area contributed by atoms with Crippen LogP contribution in [0.3, 0.4) is 0 Å². The van der Waals surface area contributed by atoms with Gasteiger partial charge in [0.25, 0.3) is 0 Å². The van der Waals surface area contributed by atoms with Crippen molar-refractivity contribution in [2.24, 2.45) is 23.7 Å². The molecular weight excluding hydrogens is 658 g/mol. The average Bonchev–Trinajstić information content (AvgIpc) is 3.54. The van der Waals surface area contributed by atoms with Gasteiger partial charge in [0, 0.05) is 43.0 Å². The molecule has 0 radical (unpaired) electrons. The summed E-state index contributed by atoms with van der Waals surface area (Å²) in [7, 11) is 0. The highest BCUT2D eigenvalue weighted by molar-refractivity contribution is 5.91. The fraction of sp³-hybridized carbons (Fsp3) is 0.561. The van der Waals surface area contributed by atoms with E-state index in [0.717, 1.165) is 72.6 Å². The van der Waals surface area contributed by atoms with Crippen LogP contribution in [0.15, 0.2) is 60.8 Å². The molecule has 0 saturated heterocycles. The average molecular weight is 714 g/mol. The molecule has 2 aromatic carbocycles. The van der Waals surface area contributed by atoms with Crippen molar-refractivity contribution in [3.05, 3.63) is 71.9 Å². The van der Waals surface area contributed by atoms with Crippen molar-refractivity contribution in [1.82, 2.24) is 25.8 Å². The maximum atomic E-state index is 14.3. The van der Waals surface area contributed by atoms with Gasteiger partial charge in [-0.2, -0.15) is 0 Å². The molecule has 4 aliphatic carbocycles. The fourth-order valence-corrected chi connectivity index (χ4v) is 9.00. The minimum Gasteiger partial charge on any atom is -0.464 e. The molecule has 0 spiro atoms. The van der Waals surface area contributed by atoms with Gasteiger partial charge in [0.2, 0.25) is 11.8 Å². The lowest BCUT2D eigenvalue weighted by molar-refractivity contribution is -0.145. The zero-order chi connectivity index (χ0) is 36.7. The topological polar surface area (TPSA) is 142 Å². The second-order valence-electron chi connectivity index (χ2n) is 15.3. The number of carbonyl (C=O) groups excluding carboxylic acids is 4. The molecule has 3 aromatic rings. The van der Waals surface area contributed by atoms with E-state index in [2.05, 4.69) is 39.7 Å². The number of amides is 3. The second-order valence-corrected chi connectivity index (χ2v) is 15.3.